The van der Waals surface area contributed by atoms with E-state index in [1.807, 2.05) is 25.1 Å². The van der Waals surface area contributed by atoms with Crippen molar-refractivity contribution in [2.24, 2.45) is 0 Å². The van der Waals surface area contributed by atoms with Crippen molar-refractivity contribution in [3.05, 3.63) is 59.3 Å². The van der Waals surface area contributed by atoms with Crippen LogP contribution in [0.15, 0.2) is 41.0 Å². The molecule has 3 nitrogen and oxygen atoms in total. The van der Waals surface area contributed by atoms with Gasteiger partial charge in [0.1, 0.15) is 17.6 Å². The number of nitrogens with one attached hydrogen (secondary N) is 1. The summed E-state index contributed by atoms with van der Waals surface area (Å²) in [6, 6.07) is 10.3. The molecule has 0 saturated heterocycles. The van der Waals surface area contributed by atoms with Gasteiger partial charge in [-0.15, -0.1) is 0 Å². The van der Waals surface area contributed by atoms with Crippen molar-refractivity contribution >= 4 is 0 Å². The van der Waals surface area contributed by atoms with Crippen molar-refractivity contribution in [2.75, 3.05) is 0 Å². The largest absolute Gasteiger partial charge is 0.468 e. The summed E-state index contributed by atoms with van der Waals surface area (Å²) in [6.07, 6.45) is 1.60. The van der Waals surface area contributed by atoms with E-state index in [1.54, 1.807) is 18.4 Å². The Hall–Kier alpha value is -2.12. The van der Waals surface area contributed by atoms with Crippen LogP contribution in [0.3, 0.4) is 0 Å². The molecule has 0 aliphatic carbocycles. The van der Waals surface area contributed by atoms with Gasteiger partial charge in [0.15, 0.2) is 0 Å². The third-order valence-electron chi connectivity index (χ3n) is 2.77. The van der Waals surface area contributed by atoms with E-state index in [1.165, 1.54) is 6.07 Å². The van der Waals surface area contributed by atoms with Crippen LogP contribution in [-0.4, -0.2) is 0 Å². The van der Waals surface area contributed by atoms with Crippen molar-refractivity contribution in [3.63, 3.8) is 0 Å². The number of benzene rings is 1. The fourth-order valence-electron chi connectivity index (χ4n) is 1.70. The van der Waals surface area contributed by atoms with E-state index in [9.17, 15) is 4.39 Å². The molecule has 1 N–H and O–H groups in total. The zero-order valence-electron chi connectivity index (χ0n) is 9.98. The Bertz CT molecular complexity index is 558. The maximum Gasteiger partial charge on any atom is 0.145 e. The number of hydrogen-bond donors (Lipinski definition) is 1. The van der Waals surface area contributed by atoms with Crippen LogP contribution < -0.4 is 5.32 Å². The van der Waals surface area contributed by atoms with E-state index >= 15 is 0 Å². The maximum absolute atomic E-state index is 13.8. The van der Waals surface area contributed by atoms with Gasteiger partial charge in [0, 0.05) is 12.1 Å². The van der Waals surface area contributed by atoms with Gasteiger partial charge in [-0.05, 0) is 25.1 Å². The molecule has 18 heavy (non-hydrogen) atoms. The zero-order chi connectivity index (χ0) is 13.0. The molecule has 0 saturated carbocycles. The lowest BCUT2D eigenvalue weighted by Crippen LogP contribution is -2.18. The van der Waals surface area contributed by atoms with Crippen LogP contribution in [0.4, 0.5) is 4.39 Å². The Kier molecular flexibility index (Phi) is 3.75. The lowest BCUT2D eigenvalue weighted by Gasteiger charge is -2.12. The minimum Gasteiger partial charge on any atom is -0.468 e. The van der Waals surface area contributed by atoms with Gasteiger partial charge >= 0.3 is 0 Å². The molecule has 0 spiro atoms. The smallest absolute Gasteiger partial charge is 0.145 e. The van der Waals surface area contributed by atoms with E-state index in [4.69, 9.17) is 9.68 Å². The molecule has 1 aromatic carbocycles. The van der Waals surface area contributed by atoms with Crippen LogP contribution in [-0.2, 0) is 6.54 Å². The Morgan fingerprint density at radius 3 is 2.89 bits per heavy atom. The average Bonchev–Trinajstić information content (AvgIpc) is 2.91. The third-order valence-corrected chi connectivity index (χ3v) is 2.77. The molecule has 0 radical (unpaired) electrons. The molecule has 1 heterocycles. The number of halogens is 1. The highest BCUT2D eigenvalue weighted by Crippen LogP contribution is 2.16. The standard InChI is InChI=1S/C14H13FN2O/c1-10(13-6-3-7-18-13)17-9-12-5-2-4-11(8-16)14(12)15/h2-7,10,17H,9H2,1H3/t10-/m0/s1. The Morgan fingerprint density at radius 2 is 2.22 bits per heavy atom. The second kappa shape index (κ2) is 5.48. The molecule has 2 rings (SSSR count). The summed E-state index contributed by atoms with van der Waals surface area (Å²) >= 11 is 0. The molecule has 0 fully saturated rings. The summed E-state index contributed by atoms with van der Waals surface area (Å²) < 4.78 is 19.0. The number of nitrogens with zero attached hydrogens (tertiary/aromatic N) is 1. The van der Waals surface area contributed by atoms with Gasteiger partial charge in [0.2, 0.25) is 0 Å². The van der Waals surface area contributed by atoms with Crippen molar-refractivity contribution in [1.29, 1.82) is 5.26 Å². The lowest BCUT2D eigenvalue weighted by atomic mass is 10.1. The minimum atomic E-state index is -0.459. The van der Waals surface area contributed by atoms with Crippen LogP contribution in [0.2, 0.25) is 0 Å². The van der Waals surface area contributed by atoms with Gasteiger partial charge in [-0.3, -0.25) is 0 Å². The SMILES string of the molecule is C[C@H](NCc1cccc(C#N)c1F)c1ccco1. The number of furan rings is 1. The first-order valence-corrected chi connectivity index (χ1v) is 5.66. The van der Waals surface area contributed by atoms with E-state index < -0.39 is 5.82 Å². The first-order chi connectivity index (χ1) is 8.72. The van der Waals surface area contributed by atoms with Crippen LogP contribution in [0.5, 0.6) is 0 Å². The topological polar surface area (TPSA) is 49.0 Å². The molecular weight excluding hydrogens is 231 g/mol. The number of hydrogen-bond acceptors (Lipinski definition) is 3. The van der Waals surface area contributed by atoms with E-state index in [0.717, 1.165) is 5.76 Å². The predicted molar refractivity (Wildman–Crippen MR) is 65.1 cm³/mol. The molecule has 0 bridgehead atoms. The summed E-state index contributed by atoms with van der Waals surface area (Å²) in [7, 11) is 0. The second-order valence-corrected chi connectivity index (χ2v) is 4.01. The predicted octanol–water partition coefficient (Wildman–Crippen LogP) is 3.14. The quantitative estimate of drug-likeness (QED) is 0.898. The molecule has 92 valence electrons. The van der Waals surface area contributed by atoms with Gasteiger partial charge in [-0.1, -0.05) is 12.1 Å². The van der Waals surface area contributed by atoms with Gasteiger partial charge in [-0.25, -0.2) is 4.39 Å². The highest BCUT2D eigenvalue weighted by molar-refractivity contribution is 5.34. The fourth-order valence-corrected chi connectivity index (χ4v) is 1.70. The van der Waals surface area contributed by atoms with Gasteiger partial charge in [0.05, 0.1) is 17.9 Å². The highest BCUT2D eigenvalue weighted by Gasteiger charge is 2.11. The first kappa shape index (κ1) is 12.3. The molecule has 2 aromatic rings. The van der Waals surface area contributed by atoms with E-state index in [2.05, 4.69) is 5.32 Å². The zero-order valence-corrected chi connectivity index (χ0v) is 9.98. The van der Waals surface area contributed by atoms with E-state index in [-0.39, 0.29) is 11.6 Å². The van der Waals surface area contributed by atoms with Crippen molar-refractivity contribution in [3.8, 4) is 6.07 Å². The second-order valence-electron chi connectivity index (χ2n) is 4.01. The maximum atomic E-state index is 13.8. The molecule has 0 amide bonds. The molecule has 0 unspecified atom stereocenters. The van der Waals surface area contributed by atoms with Crippen LogP contribution in [0, 0.1) is 17.1 Å². The Morgan fingerprint density at radius 1 is 1.39 bits per heavy atom. The summed E-state index contributed by atoms with van der Waals surface area (Å²) in [5.41, 5.74) is 0.549. The molecule has 1 aromatic heterocycles. The van der Waals surface area contributed by atoms with E-state index in [0.29, 0.717) is 12.1 Å². The van der Waals surface area contributed by atoms with Crippen molar-refractivity contribution in [2.45, 2.75) is 19.5 Å². The lowest BCUT2D eigenvalue weighted by molar-refractivity contribution is 0.427. The van der Waals surface area contributed by atoms with Crippen molar-refractivity contribution < 1.29 is 8.81 Å². The summed E-state index contributed by atoms with van der Waals surface area (Å²) in [5, 5.41) is 11.9. The molecule has 0 aliphatic rings. The average molecular weight is 244 g/mol. The monoisotopic (exact) mass is 244 g/mol. The van der Waals surface area contributed by atoms with Crippen LogP contribution in [0.25, 0.3) is 0 Å². The summed E-state index contributed by atoms with van der Waals surface area (Å²) in [4.78, 5) is 0. The number of rotatable bonds is 4. The Labute approximate surface area is 105 Å². The summed E-state index contributed by atoms with van der Waals surface area (Å²) in [6.45, 7) is 2.29. The molecular formula is C14H13FN2O. The van der Waals surface area contributed by atoms with Crippen LogP contribution >= 0.6 is 0 Å². The van der Waals surface area contributed by atoms with Gasteiger partial charge in [-0.2, -0.15) is 5.26 Å². The minimum absolute atomic E-state index is 0.00913. The first-order valence-electron chi connectivity index (χ1n) is 5.66. The third kappa shape index (κ3) is 2.58. The summed E-state index contributed by atoms with van der Waals surface area (Å²) in [5.74, 6) is 0.339. The van der Waals surface area contributed by atoms with Gasteiger partial charge < -0.3 is 9.73 Å². The molecule has 0 aliphatic heterocycles. The highest BCUT2D eigenvalue weighted by atomic mass is 19.1. The Balaban J connectivity index is 2.05. The van der Waals surface area contributed by atoms with Gasteiger partial charge in [0.25, 0.3) is 0 Å². The normalized spacial score (nSPS) is 12.1. The van der Waals surface area contributed by atoms with Crippen molar-refractivity contribution in [1.82, 2.24) is 5.32 Å². The molecule has 4 heteroatoms. The number of nitriles is 1. The fraction of sp³-hybridized carbons (Fsp3) is 0.214. The molecule has 1 atom stereocenters. The van der Waals surface area contributed by atoms with Crippen LogP contribution in [0.1, 0.15) is 29.9 Å².